The van der Waals surface area contributed by atoms with E-state index in [4.69, 9.17) is 16.3 Å². The van der Waals surface area contributed by atoms with Crippen LogP contribution in [0.3, 0.4) is 0 Å². The van der Waals surface area contributed by atoms with Gasteiger partial charge in [-0.15, -0.1) is 0 Å². The number of carbonyl (C=O) groups excluding carboxylic acids is 3. The summed E-state index contributed by atoms with van der Waals surface area (Å²) in [6.07, 6.45) is 0. The molecule has 0 aliphatic carbocycles. The van der Waals surface area contributed by atoms with Crippen LogP contribution in [0, 0.1) is 19.7 Å². The standard InChI is InChI=1S/C26H26ClFN2O4/c1-15-22(16(2)29(4)23(15)26(33)34-5)24(31)17(3)30(14-18-9-11-21(28)12-10-18)25(32)19-7-6-8-20(27)13-19/h6-13,17H,14H2,1-5H3. The van der Waals surface area contributed by atoms with Gasteiger partial charge in [-0.2, -0.15) is 0 Å². The molecule has 6 nitrogen and oxygen atoms in total. The highest BCUT2D eigenvalue weighted by Crippen LogP contribution is 2.26. The molecule has 0 saturated carbocycles. The third kappa shape index (κ3) is 4.89. The minimum absolute atomic E-state index is 0.0767. The van der Waals surface area contributed by atoms with Gasteiger partial charge in [0.2, 0.25) is 0 Å². The summed E-state index contributed by atoms with van der Waals surface area (Å²) >= 11 is 6.09. The number of carbonyl (C=O) groups is 3. The predicted molar refractivity (Wildman–Crippen MR) is 128 cm³/mol. The Morgan fingerprint density at radius 2 is 1.76 bits per heavy atom. The topological polar surface area (TPSA) is 68.6 Å². The molecule has 0 N–H and O–H groups in total. The predicted octanol–water partition coefficient (Wildman–Crippen LogP) is 5.13. The van der Waals surface area contributed by atoms with E-state index in [1.807, 2.05) is 0 Å². The average molecular weight is 485 g/mol. The summed E-state index contributed by atoms with van der Waals surface area (Å²) in [6.45, 7) is 5.14. The Morgan fingerprint density at radius 3 is 2.35 bits per heavy atom. The number of nitrogens with zero attached hydrogens (tertiary/aromatic N) is 2. The van der Waals surface area contributed by atoms with E-state index >= 15 is 0 Å². The molecule has 34 heavy (non-hydrogen) atoms. The second-order valence-electron chi connectivity index (χ2n) is 8.09. The number of esters is 1. The van der Waals surface area contributed by atoms with Gasteiger partial charge >= 0.3 is 5.97 Å². The largest absolute Gasteiger partial charge is 0.464 e. The lowest BCUT2D eigenvalue weighted by Crippen LogP contribution is -2.43. The zero-order valence-corrected chi connectivity index (χ0v) is 20.4. The lowest BCUT2D eigenvalue weighted by molar-refractivity contribution is 0.0587. The highest BCUT2D eigenvalue weighted by Gasteiger charge is 2.33. The summed E-state index contributed by atoms with van der Waals surface area (Å²) in [5, 5.41) is 0.393. The van der Waals surface area contributed by atoms with E-state index < -0.39 is 23.7 Å². The summed E-state index contributed by atoms with van der Waals surface area (Å²) in [5.41, 5.74) is 2.70. The van der Waals surface area contributed by atoms with Crippen molar-refractivity contribution in [3.63, 3.8) is 0 Å². The van der Waals surface area contributed by atoms with Crippen molar-refractivity contribution in [3.8, 4) is 0 Å². The van der Waals surface area contributed by atoms with E-state index in [9.17, 15) is 18.8 Å². The van der Waals surface area contributed by atoms with Crippen molar-refractivity contribution >= 4 is 29.3 Å². The van der Waals surface area contributed by atoms with Crippen LogP contribution in [0.1, 0.15) is 54.9 Å². The molecule has 1 unspecified atom stereocenters. The smallest absolute Gasteiger partial charge is 0.354 e. The first kappa shape index (κ1) is 25.2. The van der Waals surface area contributed by atoms with E-state index in [2.05, 4.69) is 0 Å². The quantitative estimate of drug-likeness (QED) is 0.344. The Balaban J connectivity index is 2.05. The number of halogens is 2. The number of rotatable bonds is 7. The molecule has 2 aromatic carbocycles. The molecule has 3 aromatic rings. The van der Waals surface area contributed by atoms with Crippen LogP contribution < -0.4 is 0 Å². The first-order valence-corrected chi connectivity index (χ1v) is 11.0. The fourth-order valence-corrected chi connectivity index (χ4v) is 4.23. The molecule has 8 heteroatoms. The molecule has 0 bridgehead atoms. The fourth-order valence-electron chi connectivity index (χ4n) is 4.04. The molecular formula is C26H26ClFN2O4. The first-order valence-electron chi connectivity index (χ1n) is 10.7. The summed E-state index contributed by atoms with van der Waals surface area (Å²) in [5.74, 6) is -1.66. The Morgan fingerprint density at radius 1 is 1.12 bits per heavy atom. The van der Waals surface area contributed by atoms with Crippen molar-refractivity contribution in [1.82, 2.24) is 9.47 Å². The second kappa shape index (κ2) is 10.2. The second-order valence-corrected chi connectivity index (χ2v) is 8.53. The van der Waals surface area contributed by atoms with Gasteiger partial charge < -0.3 is 14.2 Å². The highest BCUT2D eigenvalue weighted by molar-refractivity contribution is 6.31. The van der Waals surface area contributed by atoms with Gasteiger partial charge in [-0.1, -0.05) is 29.8 Å². The molecule has 1 aromatic heterocycles. The van der Waals surface area contributed by atoms with Crippen LogP contribution in [0.2, 0.25) is 5.02 Å². The molecule has 0 aliphatic heterocycles. The van der Waals surface area contributed by atoms with Gasteiger partial charge in [-0.25, -0.2) is 9.18 Å². The normalized spacial score (nSPS) is 11.7. The Kier molecular flexibility index (Phi) is 7.57. The van der Waals surface area contributed by atoms with Crippen molar-refractivity contribution in [2.24, 2.45) is 7.05 Å². The number of hydrogen-bond acceptors (Lipinski definition) is 4. The molecule has 0 aliphatic rings. The molecule has 1 amide bonds. The van der Waals surface area contributed by atoms with E-state index in [-0.39, 0.29) is 18.0 Å². The molecule has 1 atom stereocenters. The zero-order valence-electron chi connectivity index (χ0n) is 19.7. The average Bonchev–Trinajstić information content (AvgIpc) is 3.04. The maximum atomic E-state index is 13.7. The van der Waals surface area contributed by atoms with Crippen LogP contribution in [0.4, 0.5) is 4.39 Å². The summed E-state index contributed by atoms with van der Waals surface area (Å²) in [6, 6.07) is 11.3. The van der Waals surface area contributed by atoms with Gasteiger partial charge in [-0.05, 0) is 62.2 Å². The van der Waals surface area contributed by atoms with Crippen molar-refractivity contribution < 1.29 is 23.5 Å². The third-order valence-corrected chi connectivity index (χ3v) is 6.24. The maximum Gasteiger partial charge on any atom is 0.354 e. The summed E-state index contributed by atoms with van der Waals surface area (Å²) < 4.78 is 19.9. The number of ketones is 1. The van der Waals surface area contributed by atoms with E-state index in [0.717, 1.165) is 0 Å². The molecule has 3 rings (SSSR count). The first-order chi connectivity index (χ1) is 16.1. The monoisotopic (exact) mass is 484 g/mol. The summed E-state index contributed by atoms with van der Waals surface area (Å²) in [4.78, 5) is 40.9. The van der Waals surface area contributed by atoms with Crippen LogP contribution in [-0.4, -0.2) is 40.3 Å². The van der Waals surface area contributed by atoms with Gasteiger partial charge in [0.05, 0.1) is 13.2 Å². The minimum Gasteiger partial charge on any atom is -0.464 e. The van der Waals surface area contributed by atoms with Crippen molar-refractivity contribution in [3.05, 3.63) is 93.0 Å². The number of hydrogen-bond donors (Lipinski definition) is 0. The maximum absolute atomic E-state index is 13.7. The van der Waals surface area contributed by atoms with Crippen LogP contribution in [0.15, 0.2) is 48.5 Å². The molecule has 0 fully saturated rings. The molecule has 1 heterocycles. The molecular weight excluding hydrogens is 459 g/mol. The van der Waals surface area contributed by atoms with Gasteiger partial charge in [0.25, 0.3) is 5.91 Å². The molecule has 0 radical (unpaired) electrons. The van der Waals surface area contributed by atoms with E-state index in [1.54, 1.807) is 62.7 Å². The van der Waals surface area contributed by atoms with Gasteiger partial charge in [-0.3, -0.25) is 9.59 Å². The van der Waals surface area contributed by atoms with Crippen LogP contribution >= 0.6 is 11.6 Å². The molecule has 0 saturated heterocycles. The van der Waals surface area contributed by atoms with Crippen LogP contribution in [0.5, 0.6) is 0 Å². The number of aromatic nitrogens is 1. The van der Waals surface area contributed by atoms with Crippen LogP contribution in [-0.2, 0) is 18.3 Å². The number of benzene rings is 2. The third-order valence-electron chi connectivity index (χ3n) is 6.00. The Bertz CT molecular complexity index is 1250. The van der Waals surface area contributed by atoms with Crippen molar-refractivity contribution in [1.29, 1.82) is 0 Å². The zero-order chi connectivity index (χ0) is 25.2. The minimum atomic E-state index is -0.887. The van der Waals surface area contributed by atoms with Gasteiger partial charge in [0, 0.05) is 35.4 Å². The number of methoxy groups -OCH3 is 1. The van der Waals surface area contributed by atoms with Crippen LogP contribution in [0.25, 0.3) is 0 Å². The lowest BCUT2D eigenvalue weighted by Gasteiger charge is -2.29. The van der Waals surface area contributed by atoms with Crippen molar-refractivity contribution in [2.75, 3.05) is 7.11 Å². The van der Waals surface area contributed by atoms with E-state index in [1.165, 1.54) is 30.2 Å². The highest BCUT2D eigenvalue weighted by atomic mass is 35.5. The Labute approximate surface area is 202 Å². The number of Topliss-reactive ketones (excluding diaryl/α,β-unsaturated/α-hetero) is 1. The number of ether oxygens (including phenoxy) is 1. The Hall–Kier alpha value is -3.45. The van der Waals surface area contributed by atoms with Gasteiger partial charge in [0.15, 0.2) is 5.78 Å². The number of amides is 1. The SMILES string of the molecule is COC(=O)c1c(C)c(C(=O)C(C)N(Cc2ccc(F)cc2)C(=O)c2cccc(Cl)c2)c(C)n1C. The molecule has 0 spiro atoms. The van der Waals surface area contributed by atoms with Gasteiger partial charge in [0.1, 0.15) is 11.5 Å². The lowest BCUT2D eigenvalue weighted by atomic mass is 9.98. The molecule has 178 valence electrons. The summed E-state index contributed by atoms with van der Waals surface area (Å²) in [7, 11) is 2.96. The fraction of sp³-hybridized carbons (Fsp3) is 0.269. The van der Waals surface area contributed by atoms with E-state index in [0.29, 0.717) is 33.0 Å². The van der Waals surface area contributed by atoms with Crippen molar-refractivity contribution in [2.45, 2.75) is 33.4 Å².